The second kappa shape index (κ2) is 5.32. The van der Waals surface area contributed by atoms with E-state index in [9.17, 15) is 0 Å². The van der Waals surface area contributed by atoms with Crippen molar-refractivity contribution < 1.29 is 0 Å². The largest absolute Gasteiger partial charge is 0.307 e. The Morgan fingerprint density at radius 3 is 2.95 bits per heavy atom. The van der Waals surface area contributed by atoms with Crippen LogP contribution in [0.4, 0.5) is 0 Å². The summed E-state index contributed by atoms with van der Waals surface area (Å²) < 4.78 is 1.98. The predicted octanol–water partition coefficient (Wildman–Crippen LogP) is 3.09. The molecule has 0 radical (unpaired) electrons. The number of hydrogen-bond acceptors (Lipinski definition) is 3. The number of alkyl halides is 1. The fourth-order valence-corrected chi connectivity index (χ4v) is 2.40. The Morgan fingerprint density at radius 1 is 1.25 bits per heavy atom. The summed E-state index contributed by atoms with van der Waals surface area (Å²) in [4.78, 5) is 8.84. The van der Waals surface area contributed by atoms with Gasteiger partial charge in [0.15, 0.2) is 5.65 Å². The minimum Gasteiger partial charge on any atom is -0.307 e. The molecule has 0 atom stereocenters. The molecule has 3 aromatic rings. The number of aromatic nitrogens is 3. The van der Waals surface area contributed by atoms with E-state index in [4.69, 9.17) is 16.9 Å². The van der Waals surface area contributed by atoms with Gasteiger partial charge in [-0.25, -0.2) is 9.97 Å². The molecule has 0 unspecified atom stereocenters. The quantitative estimate of drug-likeness (QED) is 0.694. The van der Waals surface area contributed by atoms with Gasteiger partial charge in [0, 0.05) is 6.20 Å². The average Bonchev–Trinajstić information content (AvgIpc) is 2.85. The standard InChI is InChI=1S/C15H11ClN4/c16-8-14-19-13-5-2-6-18-15(13)20(14)10-12-4-1-3-11(7-12)9-17/h1-7H,8,10H2. The van der Waals surface area contributed by atoms with E-state index >= 15 is 0 Å². The van der Waals surface area contributed by atoms with Gasteiger partial charge >= 0.3 is 0 Å². The van der Waals surface area contributed by atoms with Crippen LogP contribution in [0.15, 0.2) is 42.6 Å². The highest BCUT2D eigenvalue weighted by atomic mass is 35.5. The van der Waals surface area contributed by atoms with Gasteiger partial charge in [0.25, 0.3) is 0 Å². The lowest BCUT2D eigenvalue weighted by atomic mass is 10.1. The summed E-state index contributed by atoms with van der Waals surface area (Å²) in [6.45, 7) is 0.602. The Balaban J connectivity index is 2.07. The third kappa shape index (κ3) is 2.24. The van der Waals surface area contributed by atoms with Crippen molar-refractivity contribution in [1.82, 2.24) is 14.5 Å². The van der Waals surface area contributed by atoms with Crippen LogP contribution in [0.5, 0.6) is 0 Å². The summed E-state index contributed by atoms with van der Waals surface area (Å²) in [7, 11) is 0. The maximum atomic E-state index is 8.96. The molecule has 0 aliphatic rings. The zero-order valence-electron chi connectivity index (χ0n) is 10.6. The highest BCUT2D eigenvalue weighted by Gasteiger charge is 2.11. The minimum absolute atomic E-state index is 0.328. The van der Waals surface area contributed by atoms with E-state index in [2.05, 4.69) is 16.0 Å². The zero-order valence-corrected chi connectivity index (χ0v) is 11.4. The number of pyridine rings is 1. The summed E-state index contributed by atoms with van der Waals surface area (Å²) in [5, 5.41) is 8.96. The van der Waals surface area contributed by atoms with Gasteiger partial charge in [0.05, 0.1) is 24.1 Å². The fraction of sp³-hybridized carbons (Fsp3) is 0.133. The maximum Gasteiger partial charge on any atom is 0.160 e. The van der Waals surface area contributed by atoms with Crippen molar-refractivity contribution in [3.8, 4) is 6.07 Å². The molecule has 20 heavy (non-hydrogen) atoms. The summed E-state index contributed by atoms with van der Waals surface area (Å²) >= 11 is 5.96. The monoisotopic (exact) mass is 282 g/mol. The lowest BCUT2D eigenvalue weighted by Gasteiger charge is -2.07. The molecular weight excluding hydrogens is 272 g/mol. The van der Waals surface area contributed by atoms with E-state index in [0.717, 1.165) is 22.6 Å². The lowest BCUT2D eigenvalue weighted by Crippen LogP contribution is -2.04. The van der Waals surface area contributed by atoms with Gasteiger partial charge < -0.3 is 4.57 Å². The minimum atomic E-state index is 0.328. The molecule has 0 fully saturated rings. The molecule has 0 aliphatic heterocycles. The molecule has 2 aromatic heterocycles. The Kier molecular flexibility index (Phi) is 3.36. The van der Waals surface area contributed by atoms with Gasteiger partial charge in [-0.15, -0.1) is 11.6 Å². The van der Waals surface area contributed by atoms with E-state index in [1.807, 2.05) is 34.9 Å². The second-order valence-corrected chi connectivity index (χ2v) is 4.67. The van der Waals surface area contributed by atoms with Crippen LogP contribution in [0.25, 0.3) is 11.2 Å². The molecule has 0 aliphatic carbocycles. The molecule has 5 heteroatoms. The first kappa shape index (κ1) is 12.6. The molecule has 0 bridgehead atoms. The number of nitrogens with zero attached hydrogens (tertiary/aromatic N) is 4. The molecule has 2 heterocycles. The summed E-state index contributed by atoms with van der Waals surface area (Å²) in [5.74, 6) is 1.11. The summed E-state index contributed by atoms with van der Waals surface area (Å²) in [6, 6.07) is 13.4. The number of rotatable bonds is 3. The Morgan fingerprint density at radius 2 is 2.15 bits per heavy atom. The first-order chi connectivity index (χ1) is 9.81. The molecule has 3 rings (SSSR count). The van der Waals surface area contributed by atoms with Gasteiger partial charge in [0.2, 0.25) is 0 Å². The van der Waals surface area contributed by atoms with Crippen molar-refractivity contribution in [2.45, 2.75) is 12.4 Å². The molecule has 4 nitrogen and oxygen atoms in total. The number of benzene rings is 1. The molecule has 98 valence electrons. The fourth-order valence-electron chi connectivity index (χ4n) is 2.20. The first-order valence-electron chi connectivity index (χ1n) is 6.17. The van der Waals surface area contributed by atoms with Crippen molar-refractivity contribution in [2.24, 2.45) is 0 Å². The van der Waals surface area contributed by atoms with Gasteiger partial charge in [-0.05, 0) is 29.8 Å². The third-order valence-electron chi connectivity index (χ3n) is 3.10. The summed E-state index contributed by atoms with van der Waals surface area (Å²) in [5.41, 5.74) is 3.32. The Bertz CT molecular complexity index is 801. The van der Waals surface area contributed by atoms with Gasteiger partial charge in [-0.3, -0.25) is 0 Å². The van der Waals surface area contributed by atoms with Crippen LogP contribution in [0.3, 0.4) is 0 Å². The third-order valence-corrected chi connectivity index (χ3v) is 3.34. The van der Waals surface area contributed by atoms with E-state index in [0.29, 0.717) is 18.0 Å². The van der Waals surface area contributed by atoms with Crippen molar-refractivity contribution >= 4 is 22.8 Å². The van der Waals surface area contributed by atoms with Crippen molar-refractivity contribution in [1.29, 1.82) is 5.26 Å². The zero-order chi connectivity index (χ0) is 13.9. The van der Waals surface area contributed by atoms with Crippen LogP contribution in [-0.2, 0) is 12.4 Å². The first-order valence-corrected chi connectivity index (χ1v) is 6.70. The van der Waals surface area contributed by atoms with Crippen LogP contribution in [0, 0.1) is 11.3 Å². The smallest absolute Gasteiger partial charge is 0.160 e. The molecule has 0 saturated heterocycles. The summed E-state index contributed by atoms with van der Waals surface area (Å²) in [6.07, 6.45) is 1.74. The van der Waals surface area contributed by atoms with Crippen molar-refractivity contribution in [2.75, 3.05) is 0 Å². The highest BCUT2D eigenvalue weighted by Crippen LogP contribution is 2.17. The Labute approximate surface area is 121 Å². The van der Waals surface area contributed by atoms with E-state index in [1.165, 1.54) is 0 Å². The van der Waals surface area contributed by atoms with E-state index in [1.54, 1.807) is 12.3 Å². The average molecular weight is 283 g/mol. The van der Waals surface area contributed by atoms with Crippen LogP contribution in [-0.4, -0.2) is 14.5 Å². The molecule has 0 N–H and O–H groups in total. The van der Waals surface area contributed by atoms with Crippen molar-refractivity contribution in [3.05, 3.63) is 59.5 Å². The van der Waals surface area contributed by atoms with Gasteiger partial charge in [0.1, 0.15) is 11.3 Å². The van der Waals surface area contributed by atoms with Crippen LogP contribution >= 0.6 is 11.6 Å². The van der Waals surface area contributed by atoms with Crippen LogP contribution in [0.1, 0.15) is 17.0 Å². The molecule has 0 saturated carbocycles. The number of hydrogen-bond donors (Lipinski definition) is 0. The predicted molar refractivity (Wildman–Crippen MR) is 77.3 cm³/mol. The molecule has 0 amide bonds. The topological polar surface area (TPSA) is 54.5 Å². The highest BCUT2D eigenvalue weighted by molar-refractivity contribution is 6.16. The number of halogens is 1. The van der Waals surface area contributed by atoms with Crippen molar-refractivity contribution in [3.63, 3.8) is 0 Å². The maximum absolute atomic E-state index is 8.96. The number of nitriles is 1. The van der Waals surface area contributed by atoms with Gasteiger partial charge in [-0.1, -0.05) is 12.1 Å². The molecule has 1 aromatic carbocycles. The normalized spacial score (nSPS) is 10.6. The van der Waals surface area contributed by atoms with E-state index in [-0.39, 0.29) is 0 Å². The number of imidazole rings is 1. The molecule has 0 spiro atoms. The van der Waals surface area contributed by atoms with Crippen LogP contribution in [0.2, 0.25) is 0 Å². The van der Waals surface area contributed by atoms with Crippen LogP contribution < -0.4 is 0 Å². The second-order valence-electron chi connectivity index (χ2n) is 4.41. The SMILES string of the molecule is N#Cc1cccc(Cn2c(CCl)nc3cccnc32)c1. The number of fused-ring (bicyclic) bond motifs is 1. The van der Waals surface area contributed by atoms with Gasteiger partial charge in [-0.2, -0.15) is 5.26 Å². The lowest BCUT2D eigenvalue weighted by molar-refractivity contribution is 0.770. The van der Waals surface area contributed by atoms with E-state index < -0.39 is 0 Å². The molecular formula is C15H11ClN4. The Hall–Kier alpha value is -2.38.